The molecule has 0 saturated carbocycles. The third-order valence-electron chi connectivity index (χ3n) is 3.34. The van der Waals surface area contributed by atoms with Gasteiger partial charge in [-0.1, -0.05) is 25.8 Å². The van der Waals surface area contributed by atoms with Crippen molar-refractivity contribution in [1.82, 2.24) is 0 Å². The van der Waals surface area contributed by atoms with E-state index in [2.05, 4.69) is 13.5 Å². The Labute approximate surface area is 109 Å². The molecule has 0 aromatic carbocycles. The van der Waals surface area contributed by atoms with Crippen molar-refractivity contribution in [1.29, 1.82) is 0 Å². The van der Waals surface area contributed by atoms with Gasteiger partial charge >= 0.3 is 0 Å². The van der Waals surface area contributed by atoms with E-state index < -0.39 is 5.79 Å². The summed E-state index contributed by atoms with van der Waals surface area (Å²) >= 11 is 0. The Balaban J connectivity index is 2.00. The van der Waals surface area contributed by atoms with Gasteiger partial charge < -0.3 is 18.9 Å². The van der Waals surface area contributed by atoms with Gasteiger partial charge in [-0.3, -0.25) is 0 Å². The van der Waals surface area contributed by atoms with Crippen LogP contribution < -0.4 is 0 Å². The topological polar surface area (TPSA) is 36.9 Å². The zero-order valence-corrected chi connectivity index (χ0v) is 11.6. The first-order valence-electron chi connectivity index (χ1n) is 6.81. The molecule has 2 fully saturated rings. The smallest absolute Gasteiger partial charge is 0.190 e. The van der Waals surface area contributed by atoms with Crippen molar-refractivity contribution in [3.8, 4) is 0 Å². The van der Waals surface area contributed by atoms with Gasteiger partial charge in [0, 0.05) is 0 Å². The minimum atomic E-state index is -0.582. The van der Waals surface area contributed by atoms with Crippen LogP contribution in [0.1, 0.15) is 40.0 Å². The molecule has 2 aliphatic heterocycles. The molecule has 0 aromatic heterocycles. The predicted octanol–water partition coefficient (Wildman–Crippen LogP) is 2.62. The van der Waals surface area contributed by atoms with Crippen LogP contribution in [0.25, 0.3) is 0 Å². The maximum absolute atomic E-state index is 5.93. The number of fused-ring (bicyclic) bond motifs is 1. The van der Waals surface area contributed by atoms with Crippen molar-refractivity contribution in [3.63, 3.8) is 0 Å². The van der Waals surface area contributed by atoms with E-state index in [-0.39, 0.29) is 24.6 Å². The molecule has 4 heteroatoms. The minimum absolute atomic E-state index is 0.0543. The molecule has 0 bridgehead atoms. The van der Waals surface area contributed by atoms with Crippen LogP contribution in [0.2, 0.25) is 0 Å². The van der Waals surface area contributed by atoms with Gasteiger partial charge in [-0.15, -0.1) is 6.58 Å². The molecule has 0 radical (unpaired) electrons. The summed E-state index contributed by atoms with van der Waals surface area (Å²) in [5.41, 5.74) is 0. The van der Waals surface area contributed by atoms with E-state index in [0.29, 0.717) is 6.61 Å². The number of rotatable bonds is 6. The molecule has 4 nitrogen and oxygen atoms in total. The maximum atomic E-state index is 5.93. The highest BCUT2D eigenvalue weighted by Crippen LogP contribution is 2.39. The third-order valence-corrected chi connectivity index (χ3v) is 3.34. The minimum Gasteiger partial charge on any atom is -0.369 e. The average Bonchev–Trinajstić information content (AvgIpc) is 2.76. The fraction of sp³-hybridized carbons (Fsp3) is 0.857. The first-order valence-corrected chi connectivity index (χ1v) is 6.81. The number of hydrogen-bond acceptors (Lipinski definition) is 4. The molecule has 104 valence electrons. The summed E-state index contributed by atoms with van der Waals surface area (Å²) in [5.74, 6) is -0.582. The van der Waals surface area contributed by atoms with Crippen molar-refractivity contribution in [3.05, 3.63) is 12.7 Å². The zero-order chi connectivity index (χ0) is 13.2. The summed E-state index contributed by atoms with van der Waals surface area (Å²) in [6, 6.07) is 0. The molecule has 0 N–H and O–H groups in total. The fourth-order valence-corrected chi connectivity index (χ4v) is 2.57. The second-order valence-corrected chi connectivity index (χ2v) is 5.37. The second-order valence-electron chi connectivity index (χ2n) is 5.37. The van der Waals surface area contributed by atoms with Crippen LogP contribution in [-0.4, -0.2) is 37.0 Å². The zero-order valence-electron chi connectivity index (χ0n) is 11.6. The van der Waals surface area contributed by atoms with Gasteiger partial charge in [0.25, 0.3) is 0 Å². The summed E-state index contributed by atoms with van der Waals surface area (Å²) < 4.78 is 23.4. The molecule has 2 aliphatic rings. The predicted molar refractivity (Wildman–Crippen MR) is 68.2 cm³/mol. The summed E-state index contributed by atoms with van der Waals surface area (Å²) in [7, 11) is 0. The molecular formula is C14H24O4. The Bertz CT molecular complexity index is 290. The van der Waals surface area contributed by atoms with E-state index >= 15 is 0 Å². The van der Waals surface area contributed by atoms with Crippen LogP contribution in [0, 0.1) is 0 Å². The van der Waals surface area contributed by atoms with Crippen molar-refractivity contribution in [2.45, 2.75) is 70.4 Å². The van der Waals surface area contributed by atoms with Gasteiger partial charge in [-0.25, -0.2) is 0 Å². The molecule has 2 saturated heterocycles. The number of unbranched alkanes of at least 4 members (excludes halogenated alkanes) is 1. The lowest BCUT2D eigenvalue weighted by Gasteiger charge is -2.25. The number of hydrogen-bond donors (Lipinski definition) is 0. The van der Waals surface area contributed by atoms with Crippen molar-refractivity contribution < 1.29 is 18.9 Å². The Hall–Kier alpha value is -0.420. The molecular weight excluding hydrogens is 232 g/mol. The second kappa shape index (κ2) is 5.70. The van der Waals surface area contributed by atoms with Gasteiger partial charge in [-0.05, 0) is 20.3 Å². The van der Waals surface area contributed by atoms with Gasteiger partial charge in [0.05, 0.1) is 12.7 Å². The fourth-order valence-electron chi connectivity index (χ4n) is 2.57. The molecule has 0 amide bonds. The Morgan fingerprint density at radius 3 is 2.78 bits per heavy atom. The van der Waals surface area contributed by atoms with Gasteiger partial charge in [-0.2, -0.15) is 0 Å². The highest BCUT2D eigenvalue weighted by molar-refractivity contribution is 4.94. The van der Waals surface area contributed by atoms with Crippen LogP contribution >= 0.6 is 0 Å². The standard InChI is InChI=1S/C14H24O4/c1-5-7-8-10-11(15-9-6-2)12-13(16-10)18-14(3,4)17-12/h6,10-13H,2,5,7-9H2,1,3-4H3/t10-,11+,12-,13-/m1/s1. The van der Waals surface area contributed by atoms with Crippen LogP contribution in [0.15, 0.2) is 12.7 Å². The molecule has 0 unspecified atom stereocenters. The molecule has 0 spiro atoms. The number of ether oxygens (including phenoxy) is 4. The lowest BCUT2D eigenvalue weighted by molar-refractivity contribution is -0.218. The molecule has 0 aromatic rings. The molecule has 18 heavy (non-hydrogen) atoms. The third kappa shape index (κ3) is 2.94. The lowest BCUT2D eigenvalue weighted by Crippen LogP contribution is -2.37. The van der Waals surface area contributed by atoms with E-state index in [4.69, 9.17) is 18.9 Å². The van der Waals surface area contributed by atoms with Crippen LogP contribution in [0.4, 0.5) is 0 Å². The molecule has 2 heterocycles. The van der Waals surface area contributed by atoms with E-state index in [0.717, 1.165) is 19.3 Å². The average molecular weight is 256 g/mol. The van der Waals surface area contributed by atoms with E-state index in [1.54, 1.807) is 6.08 Å². The highest BCUT2D eigenvalue weighted by Gasteiger charge is 2.54. The summed E-state index contributed by atoms with van der Waals surface area (Å²) in [6.45, 7) is 10.2. The van der Waals surface area contributed by atoms with Gasteiger partial charge in [0.15, 0.2) is 12.1 Å². The van der Waals surface area contributed by atoms with Gasteiger partial charge in [0.2, 0.25) is 0 Å². The largest absolute Gasteiger partial charge is 0.369 e. The van der Waals surface area contributed by atoms with Crippen LogP contribution in [0.5, 0.6) is 0 Å². The van der Waals surface area contributed by atoms with E-state index in [1.165, 1.54) is 0 Å². The SMILES string of the molecule is C=CCO[C@@H]1[C@H]2OC(C)(C)O[C@H]2O[C@@H]1CCCC. The summed E-state index contributed by atoms with van der Waals surface area (Å²) in [4.78, 5) is 0. The van der Waals surface area contributed by atoms with Crippen LogP contribution in [-0.2, 0) is 18.9 Å². The Kier molecular flexibility index (Phi) is 4.43. The van der Waals surface area contributed by atoms with Crippen molar-refractivity contribution in [2.24, 2.45) is 0 Å². The molecule has 2 rings (SSSR count). The van der Waals surface area contributed by atoms with E-state index in [1.807, 2.05) is 13.8 Å². The van der Waals surface area contributed by atoms with Crippen molar-refractivity contribution >= 4 is 0 Å². The Morgan fingerprint density at radius 1 is 1.33 bits per heavy atom. The van der Waals surface area contributed by atoms with E-state index in [9.17, 15) is 0 Å². The lowest BCUT2D eigenvalue weighted by atomic mass is 10.1. The summed E-state index contributed by atoms with van der Waals surface area (Å²) in [6.07, 6.45) is 4.61. The van der Waals surface area contributed by atoms with Crippen LogP contribution in [0.3, 0.4) is 0 Å². The summed E-state index contributed by atoms with van der Waals surface area (Å²) in [5, 5.41) is 0. The maximum Gasteiger partial charge on any atom is 0.190 e. The Morgan fingerprint density at radius 2 is 2.11 bits per heavy atom. The molecule has 4 atom stereocenters. The van der Waals surface area contributed by atoms with Gasteiger partial charge in [0.1, 0.15) is 12.2 Å². The van der Waals surface area contributed by atoms with Crippen molar-refractivity contribution in [2.75, 3.05) is 6.61 Å². The monoisotopic (exact) mass is 256 g/mol. The quantitative estimate of drug-likeness (QED) is 0.685. The first-order chi connectivity index (χ1) is 8.57. The highest BCUT2D eigenvalue weighted by atomic mass is 16.8. The molecule has 0 aliphatic carbocycles. The normalized spacial score (nSPS) is 37.7. The first kappa shape index (κ1) is 14.0.